The van der Waals surface area contributed by atoms with Crippen molar-refractivity contribution in [1.82, 2.24) is 10.7 Å². The molecule has 17 heavy (non-hydrogen) atoms. The van der Waals surface area contributed by atoms with Crippen LogP contribution in [-0.2, 0) is 6.54 Å². The number of alkyl halides is 3. The number of thiocarbonyl (C=S) groups is 1. The van der Waals surface area contributed by atoms with Gasteiger partial charge >= 0.3 is 6.36 Å². The molecule has 0 saturated heterocycles. The summed E-state index contributed by atoms with van der Waals surface area (Å²) in [4.78, 5) is 0. The summed E-state index contributed by atoms with van der Waals surface area (Å²) in [6, 6.07) is 5.44. The van der Waals surface area contributed by atoms with Crippen LogP contribution in [0, 0.1) is 0 Å². The highest BCUT2D eigenvalue weighted by atomic mass is 32.1. The van der Waals surface area contributed by atoms with Crippen molar-refractivity contribution in [2.24, 2.45) is 5.84 Å². The lowest BCUT2D eigenvalue weighted by Gasteiger charge is -2.10. The highest BCUT2D eigenvalue weighted by Crippen LogP contribution is 2.22. The Balaban J connectivity index is 2.53. The summed E-state index contributed by atoms with van der Waals surface area (Å²) in [6.45, 7) is 0.356. The first-order valence-corrected chi connectivity index (χ1v) is 4.90. The zero-order chi connectivity index (χ0) is 12.9. The molecule has 0 heterocycles. The average molecular weight is 265 g/mol. The maximum atomic E-state index is 11.9. The molecule has 0 aliphatic heterocycles. The van der Waals surface area contributed by atoms with Crippen molar-refractivity contribution in [3.8, 4) is 5.75 Å². The van der Waals surface area contributed by atoms with Crippen molar-refractivity contribution in [1.29, 1.82) is 0 Å². The second kappa shape index (κ2) is 5.69. The topological polar surface area (TPSA) is 59.3 Å². The Morgan fingerprint density at radius 1 is 1.29 bits per heavy atom. The maximum absolute atomic E-state index is 11.9. The number of benzene rings is 1. The minimum atomic E-state index is -4.68. The van der Waals surface area contributed by atoms with Crippen LogP contribution in [0.25, 0.3) is 0 Å². The zero-order valence-electron chi connectivity index (χ0n) is 8.54. The Morgan fingerprint density at radius 3 is 2.35 bits per heavy atom. The molecule has 0 saturated carbocycles. The Bertz CT molecular complexity index is 380. The van der Waals surface area contributed by atoms with Crippen molar-refractivity contribution < 1.29 is 17.9 Å². The lowest BCUT2D eigenvalue weighted by Crippen LogP contribution is -2.39. The molecule has 0 bridgehead atoms. The lowest BCUT2D eigenvalue weighted by molar-refractivity contribution is -0.274. The van der Waals surface area contributed by atoms with Crippen LogP contribution in [0.2, 0.25) is 0 Å². The molecule has 0 radical (unpaired) electrons. The minimum absolute atomic E-state index is 0.251. The van der Waals surface area contributed by atoms with Gasteiger partial charge in [-0.1, -0.05) is 12.1 Å². The van der Waals surface area contributed by atoms with Crippen LogP contribution in [0.1, 0.15) is 5.56 Å². The summed E-state index contributed by atoms with van der Waals surface area (Å²) in [5.41, 5.74) is 2.97. The van der Waals surface area contributed by atoms with Gasteiger partial charge in [0.15, 0.2) is 5.11 Å². The van der Waals surface area contributed by atoms with Crippen LogP contribution in [0.4, 0.5) is 13.2 Å². The number of rotatable bonds is 3. The van der Waals surface area contributed by atoms with Crippen molar-refractivity contribution in [2.45, 2.75) is 12.9 Å². The van der Waals surface area contributed by atoms with E-state index in [0.29, 0.717) is 6.54 Å². The molecule has 1 rings (SSSR count). The minimum Gasteiger partial charge on any atom is -0.406 e. The predicted molar refractivity (Wildman–Crippen MR) is 59.9 cm³/mol. The smallest absolute Gasteiger partial charge is 0.406 e. The number of nitrogens with one attached hydrogen (secondary N) is 2. The summed E-state index contributed by atoms with van der Waals surface area (Å²) >= 11 is 4.73. The Morgan fingerprint density at radius 2 is 1.88 bits per heavy atom. The van der Waals surface area contributed by atoms with Gasteiger partial charge in [0, 0.05) is 6.54 Å². The van der Waals surface area contributed by atoms with Crippen LogP contribution in [-0.4, -0.2) is 11.5 Å². The predicted octanol–water partition coefficient (Wildman–Crippen LogP) is 1.42. The van der Waals surface area contributed by atoms with Crippen molar-refractivity contribution in [3.63, 3.8) is 0 Å². The van der Waals surface area contributed by atoms with Gasteiger partial charge in [0.1, 0.15) is 5.75 Å². The molecule has 0 fully saturated rings. The largest absolute Gasteiger partial charge is 0.573 e. The van der Waals surface area contributed by atoms with E-state index in [1.165, 1.54) is 24.3 Å². The Hall–Kier alpha value is -1.54. The molecule has 0 atom stereocenters. The quantitative estimate of drug-likeness (QED) is 0.438. The van der Waals surface area contributed by atoms with E-state index in [0.717, 1.165) is 5.56 Å². The van der Waals surface area contributed by atoms with Gasteiger partial charge in [0.05, 0.1) is 0 Å². The molecular formula is C9H10F3N3OS. The molecule has 0 aliphatic rings. The Labute approximate surface area is 101 Å². The second-order valence-corrected chi connectivity index (χ2v) is 3.43. The highest BCUT2D eigenvalue weighted by molar-refractivity contribution is 7.80. The summed E-state index contributed by atoms with van der Waals surface area (Å²) in [5.74, 6) is 4.77. The van der Waals surface area contributed by atoms with Gasteiger partial charge in [-0.15, -0.1) is 13.2 Å². The van der Waals surface area contributed by atoms with E-state index >= 15 is 0 Å². The third-order valence-corrected chi connectivity index (χ3v) is 2.00. The fourth-order valence-corrected chi connectivity index (χ4v) is 1.11. The number of nitrogens with two attached hydrogens (primary N) is 1. The summed E-state index contributed by atoms with van der Waals surface area (Å²) in [6.07, 6.45) is -4.68. The summed E-state index contributed by atoms with van der Waals surface area (Å²) in [7, 11) is 0. The summed E-state index contributed by atoms with van der Waals surface area (Å²) in [5, 5.41) is 3.00. The molecule has 8 heteroatoms. The normalized spacial score (nSPS) is 10.8. The molecule has 4 nitrogen and oxygen atoms in total. The van der Waals surface area contributed by atoms with E-state index in [2.05, 4.69) is 15.5 Å². The van der Waals surface area contributed by atoms with Crippen LogP contribution in [0.5, 0.6) is 5.75 Å². The first-order chi connectivity index (χ1) is 7.90. The molecule has 1 aromatic carbocycles. The van der Waals surface area contributed by atoms with E-state index in [-0.39, 0.29) is 10.9 Å². The van der Waals surface area contributed by atoms with Crippen LogP contribution in [0.15, 0.2) is 24.3 Å². The van der Waals surface area contributed by atoms with Gasteiger partial charge in [-0.2, -0.15) is 0 Å². The molecule has 94 valence electrons. The molecule has 0 aromatic heterocycles. The number of hydrazine groups is 1. The van der Waals surface area contributed by atoms with E-state index in [4.69, 9.17) is 18.1 Å². The molecule has 0 amide bonds. The standard InChI is InChI=1S/C9H10F3N3OS/c10-9(11,12)16-7-3-1-6(2-4-7)5-14-8(17)15-13/h1-4H,5,13H2,(H2,14,15,17). The lowest BCUT2D eigenvalue weighted by atomic mass is 10.2. The molecule has 0 spiro atoms. The van der Waals surface area contributed by atoms with Crippen molar-refractivity contribution in [3.05, 3.63) is 29.8 Å². The van der Waals surface area contributed by atoms with E-state index in [1.54, 1.807) is 0 Å². The van der Waals surface area contributed by atoms with Crippen LogP contribution in [0.3, 0.4) is 0 Å². The van der Waals surface area contributed by atoms with Gasteiger partial charge in [-0.25, -0.2) is 5.84 Å². The SMILES string of the molecule is NNC(=S)NCc1ccc(OC(F)(F)F)cc1. The van der Waals surface area contributed by atoms with Gasteiger partial charge in [0.25, 0.3) is 0 Å². The van der Waals surface area contributed by atoms with Gasteiger partial charge < -0.3 is 15.5 Å². The van der Waals surface area contributed by atoms with E-state index in [1.807, 2.05) is 0 Å². The summed E-state index contributed by atoms with van der Waals surface area (Å²) < 4.78 is 39.3. The van der Waals surface area contributed by atoms with Crippen molar-refractivity contribution >= 4 is 17.3 Å². The van der Waals surface area contributed by atoms with Crippen LogP contribution < -0.4 is 21.3 Å². The zero-order valence-corrected chi connectivity index (χ0v) is 9.36. The number of ether oxygens (including phenoxy) is 1. The molecule has 4 N–H and O–H groups in total. The number of hydrogen-bond acceptors (Lipinski definition) is 3. The first kappa shape index (κ1) is 13.5. The Kier molecular flexibility index (Phi) is 4.53. The van der Waals surface area contributed by atoms with E-state index < -0.39 is 6.36 Å². The maximum Gasteiger partial charge on any atom is 0.573 e. The fraction of sp³-hybridized carbons (Fsp3) is 0.222. The molecule has 0 unspecified atom stereocenters. The van der Waals surface area contributed by atoms with Gasteiger partial charge in [-0.3, -0.25) is 0 Å². The van der Waals surface area contributed by atoms with Crippen LogP contribution >= 0.6 is 12.2 Å². The van der Waals surface area contributed by atoms with Gasteiger partial charge in [0.2, 0.25) is 0 Å². The van der Waals surface area contributed by atoms with Crippen molar-refractivity contribution in [2.75, 3.05) is 0 Å². The number of halogens is 3. The monoisotopic (exact) mass is 265 g/mol. The third-order valence-electron chi connectivity index (χ3n) is 1.74. The third kappa shape index (κ3) is 5.36. The molecule has 1 aromatic rings. The molecule has 0 aliphatic carbocycles. The fourth-order valence-electron chi connectivity index (χ4n) is 1.04. The average Bonchev–Trinajstić information content (AvgIpc) is 2.25. The second-order valence-electron chi connectivity index (χ2n) is 3.02. The first-order valence-electron chi connectivity index (χ1n) is 4.50. The number of hydrogen-bond donors (Lipinski definition) is 3. The highest BCUT2D eigenvalue weighted by Gasteiger charge is 2.30. The molecular weight excluding hydrogens is 255 g/mol. The van der Waals surface area contributed by atoms with E-state index in [9.17, 15) is 13.2 Å². The van der Waals surface area contributed by atoms with Gasteiger partial charge in [-0.05, 0) is 29.9 Å².